The average molecular weight is 478 g/mol. The number of hydrogen-bond acceptors (Lipinski definition) is 5. The molecule has 5 heteroatoms. The first-order valence-electron chi connectivity index (χ1n) is 13.6. The van der Waals surface area contributed by atoms with Gasteiger partial charge in [-0.25, -0.2) is 0 Å². The molecule has 0 spiro atoms. The van der Waals surface area contributed by atoms with Crippen LogP contribution < -0.4 is 0 Å². The number of nitrogens with zero attached hydrogens (tertiary/aromatic N) is 1. The number of rotatable bonds is 6. The Labute approximate surface area is 208 Å². The largest absolute Gasteiger partial charge is 0.411 e. The number of allylic oxidation sites excluding steroid dienone is 5. The molecule has 0 amide bonds. The Morgan fingerprint density at radius 3 is 2.71 bits per heavy atom. The molecule has 0 saturated heterocycles. The van der Waals surface area contributed by atoms with Crippen LogP contribution in [0, 0.1) is 34.5 Å². The molecule has 188 valence electrons. The van der Waals surface area contributed by atoms with Gasteiger partial charge >= 0.3 is 0 Å². The van der Waals surface area contributed by atoms with Gasteiger partial charge in [0, 0.05) is 24.3 Å². The molecule has 0 heterocycles. The van der Waals surface area contributed by atoms with Crippen LogP contribution in [0.1, 0.15) is 90.9 Å². The van der Waals surface area contributed by atoms with Crippen molar-refractivity contribution in [2.75, 3.05) is 0 Å². The van der Waals surface area contributed by atoms with E-state index in [-0.39, 0.29) is 16.7 Å². The summed E-state index contributed by atoms with van der Waals surface area (Å²) in [6.45, 7) is 4.21. The maximum atomic E-state index is 12.9. The summed E-state index contributed by atoms with van der Waals surface area (Å²) in [7, 11) is 0. The fraction of sp³-hybridized carbons (Fsp3) is 0.667. The van der Waals surface area contributed by atoms with E-state index in [0.717, 1.165) is 76.1 Å². The van der Waals surface area contributed by atoms with Crippen LogP contribution in [0.25, 0.3) is 0 Å². The Hall–Kier alpha value is -2.30. The summed E-state index contributed by atoms with van der Waals surface area (Å²) in [5, 5.41) is 12.3. The van der Waals surface area contributed by atoms with Crippen molar-refractivity contribution in [3.63, 3.8) is 0 Å². The number of carbonyl (C=O) groups excluding carboxylic acids is 3. The molecule has 1 N–H and O–H groups in total. The first-order chi connectivity index (χ1) is 16.8. The minimum absolute atomic E-state index is 0.0765. The second-order valence-electron chi connectivity index (χ2n) is 12.1. The molecule has 0 aromatic carbocycles. The van der Waals surface area contributed by atoms with Crippen LogP contribution in [-0.4, -0.2) is 28.8 Å². The van der Waals surface area contributed by atoms with Crippen LogP contribution in [0.15, 0.2) is 40.1 Å². The molecule has 3 fully saturated rings. The highest BCUT2D eigenvalue weighted by molar-refractivity contribution is 6.03. The van der Waals surface area contributed by atoms with Gasteiger partial charge in [-0.1, -0.05) is 23.7 Å². The van der Waals surface area contributed by atoms with E-state index in [1.165, 1.54) is 5.57 Å². The normalized spacial score (nSPS) is 39.7. The van der Waals surface area contributed by atoms with E-state index < -0.39 is 0 Å². The van der Waals surface area contributed by atoms with E-state index in [9.17, 15) is 14.4 Å². The maximum absolute atomic E-state index is 12.9. The summed E-state index contributed by atoms with van der Waals surface area (Å²) < 4.78 is 0. The summed E-state index contributed by atoms with van der Waals surface area (Å²) in [4.78, 5) is 36.6. The molecule has 0 aromatic rings. The van der Waals surface area contributed by atoms with Gasteiger partial charge in [0.25, 0.3) is 0 Å². The van der Waals surface area contributed by atoms with E-state index in [2.05, 4.69) is 12.1 Å². The van der Waals surface area contributed by atoms with E-state index in [1.54, 1.807) is 13.0 Å². The molecule has 5 aliphatic carbocycles. The zero-order valence-electron chi connectivity index (χ0n) is 21.2. The second-order valence-corrected chi connectivity index (χ2v) is 12.1. The zero-order chi connectivity index (χ0) is 24.8. The van der Waals surface area contributed by atoms with Gasteiger partial charge in [0.1, 0.15) is 12.1 Å². The van der Waals surface area contributed by atoms with Crippen molar-refractivity contribution in [3.8, 4) is 0 Å². The quantitative estimate of drug-likeness (QED) is 0.282. The Balaban J connectivity index is 1.36. The second kappa shape index (κ2) is 9.29. The third-order valence-electron chi connectivity index (χ3n) is 10.8. The lowest BCUT2D eigenvalue weighted by Crippen LogP contribution is -2.52. The maximum Gasteiger partial charge on any atom is 0.155 e. The van der Waals surface area contributed by atoms with Crippen LogP contribution in [0.2, 0.25) is 0 Å². The summed E-state index contributed by atoms with van der Waals surface area (Å²) in [6, 6.07) is 0. The lowest BCUT2D eigenvalue weighted by Gasteiger charge is -2.59. The van der Waals surface area contributed by atoms with Crippen molar-refractivity contribution in [3.05, 3.63) is 34.9 Å². The standard InChI is InChI=1S/C30H39NO4/c1-19(33)26-9-10-28-25-8-6-22-17-24(34)11-14-29(22,2)27(25)12-15-30(26,28)13-3-4-20-5-7-23(31-35)16-21(20)18-32/h5,16-18,25-28,35H,3-4,6-15H2,1-2H3/t25-,26-,27-,28+,29-,30-/m1/s1. The highest BCUT2D eigenvalue weighted by atomic mass is 16.4. The third-order valence-corrected chi connectivity index (χ3v) is 10.8. The number of Topliss-reactive ketones (excluding diaryl/α,β-unsaturated/α-hetero) is 1. The number of fused-ring (bicyclic) bond motifs is 5. The van der Waals surface area contributed by atoms with Gasteiger partial charge < -0.3 is 5.21 Å². The molecule has 3 saturated carbocycles. The summed E-state index contributed by atoms with van der Waals surface area (Å²) in [5.41, 5.74) is 3.80. The van der Waals surface area contributed by atoms with Crippen molar-refractivity contribution >= 4 is 23.6 Å². The monoisotopic (exact) mass is 477 g/mol. The van der Waals surface area contributed by atoms with Crippen LogP contribution in [-0.2, 0) is 14.4 Å². The predicted octanol–water partition coefficient (Wildman–Crippen LogP) is 6.16. The topological polar surface area (TPSA) is 83.8 Å². The highest BCUT2D eigenvalue weighted by Crippen LogP contribution is 2.68. The lowest BCUT2D eigenvalue weighted by molar-refractivity contribution is -0.130. The number of carbonyl (C=O) groups is 3. The Morgan fingerprint density at radius 1 is 1.14 bits per heavy atom. The van der Waals surface area contributed by atoms with Gasteiger partial charge in [-0.2, -0.15) is 0 Å². The number of hydrogen-bond donors (Lipinski definition) is 1. The first kappa shape index (κ1) is 24.4. The third kappa shape index (κ3) is 3.99. The van der Waals surface area contributed by atoms with E-state index in [1.807, 2.05) is 12.2 Å². The summed E-state index contributed by atoms with van der Waals surface area (Å²) in [6.07, 6.45) is 18.2. The van der Waals surface area contributed by atoms with Gasteiger partial charge in [-0.05, 0) is 117 Å². The lowest BCUT2D eigenvalue weighted by atomic mass is 9.45. The van der Waals surface area contributed by atoms with Gasteiger partial charge in [0.15, 0.2) is 5.78 Å². The first-order valence-corrected chi connectivity index (χ1v) is 13.6. The Morgan fingerprint density at radius 2 is 1.97 bits per heavy atom. The minimum Gasteiger partial charge on any atom is -0.411 e. The van der Waals surface area contributed by atoms with Gasteiger partial charge in [0.2, 0.25) is 0 Å². The van der Waals surface area contributed by atoms with Crippen molar-refractivity contribution < 1.29 is 19.6 Å². The minimum atomic E-state index is 0.0765. The van der Waals surface area contributed by atoms with Crippen LogP contribution in [0.3, 0.4) is 0 Å². The SMILES string of the molecule is CC(=O)[C@H]1CC[C@H]2[C@@H]3CCC4=CC(=O)CC[C@@]4(C)[C@@H]3CC[C@]12CCCC1=CCC(=NO)C=C1C=O. The van der Waals surface area contributed by atoms with Gasteiger partial charge in [-0.15, -0.1) is 0 Å². The van der Waals surface area contributed by atoms with Crippen molar-refractivity contribution in [1.82, 2.24) is 0 Å². The predicted molar refractivity (Wildman–Crippen MR) is 135 cm³/mol. The molecule has 5 aliphatic rings. The van der Waals surface area contributed by atoms with Crippen LogP contribution in [0.5, 0.6) is 0 Å². The van der Waals surface area contributed by atoms with E-state index in [0.29, 0.717) is 53.4 Å². The fourth-order valence-electron chi connectivity index (χ4n) is 9.17. The molecule has 0 aromatic heterocycles. The number of oxime groups is 1. The van der Waals surface area contributed by atoms with Gasteiger partial charge in [0.05, 0.1) is 5.71 Å². The average Bonchev–Trinajstić information content (AvgIpc) is 3.24. The molecule has 0 bridgehead atoms. The van der Waals surface area contributed by atoms with Crippen LogP contribution >= 0.6 is 0 Å². The zero-order valence-corrected chi connectivity index (χ0v) is 21.2. The Bertz CT molecular complexity index is 1050. The smallest absolute Gasteiger partial charge is 0.155 e. The number of aldehydes is 1. The van der Waals surface area contributed by atoms with Crippen molar-refractivity contribution in [2.24, 2.45) is 39.7 Å². The van der Waals surface area contributed by atoms with E-state index in [4.69, 9.17) is 5.21 Å². The van der Waals surface area contributed by atoms with Crippen molar-refractivity contribution in [2.45, 2.75) is 90.9 Å². The molecule has 0 aliphatic heterocycles. The fourth-order valence-corrected chi connectivity index (χ4v) is 9.17. The molecular formula is C30H39NO4. The summed E-state index contributed by atoms with van der Waals surface area (Å²) in [5.74, 6) is 2.66. The molecule has 5 rings (SSSR count). The molecular weight excluding hydrogens is 438 g/mol. The molecule has 5 nitrogen and oxygen atoms in total. The molecule has 35 heavy (non-hydrogen) atoms. The Kier molecular flexibility index (Phi) is 6.48. The van der Waals surface area contributed by atoms with Crippen LogP contribution in [0.4, 0.5) is 0 Å². The molecule has 0 unspecified atom stereocenters. The van der Waals surface area contributed by atoms with Crippen molar-refractivity contribution in [1.29, 1.82) is 0 Å². The number of ketones is 2. The summed E-state index contributed by atoms with van der Waals surface area (Å²) >= 11 is 0. The van der Waals surface area contributed by atoms with Gasteiger partial charge in [-0.3, -0.25) is 14.4 Å². The molecule has 6 atom stereocenters. The van der Waals surface area contributed by atoms with E-state index >= 15 is 0 Å². The molecule has 0 radical (unpaired) electrons. The highest BCUT2D eigenvalue weighted by Gasteiger charge is 2.61.